The van der Waals surface area contributed by atoms with Gasteiger partial charge < -0.3 is 34.7 Å². The van der Waals surface area contributed by atoms with Crippen molar-refractivity contribution in [2.75, 3.05) is 38.6 Å². The number of hydrogen-bond acceptors (Lipinski definition) is 8. The van der Waals surface area contributed by atoms with Gasteiger partial charge in [-0.15, -0.1) is 0 Å². The minimum atomic E-state index is -0.458. The lowest BCUT2D eigenvalue weighted by Crippen LogP contribution is -2.27. The lowest BCUT2D eigenvalue weighted by atomic mass is 9.78. The molecule has 0 saturated heterocycles. The van der Waals surface area contributed by atoms with E-state index in [1.165, 1.54) is 0 Å². The van der Waals surface area contributed by atoms with Crippen molar-refractivity contribution in [2.45, 2.75) is 31.7 Å². The summed E-state index contributed by atoms with van der Waals surface area (Å²) in [4.78, 5) is 14.0. The maximum Gasteiger partial charge on any atom is 0.203 e. The number of phenols is 1. The number of phenolic OH excluding ortho intramolecular Hbond substituents is 1. The normalized spacial score (nSPS) is 18.2. The van der Waals surface area contributed by atoms with E-state index in [4.69, 9.17) is 18.9 Å². The van der Waals surface area contributed by atoms with Gasteiger partial charge in [0.05, 0.1) is 49.8 Å². The Hall–Kier alpha value is -3.85. The van der Waals surface area contributed by atoms with E-state index in [2.05, 4.69) is 26.6 Å². The highest BCUT2D eigenvalue weighted by molar-refractivity contribution is 9.10. The van der Waals surface area contributed by atoms with E-state index in [-0.39, 0.29) is 17.5 Å². The van der Waals surface area contributed by atoms with Crippen LogP contribution in [0.5, 0.6) is 28.7 Å². The monoisotopic (exact) mass is 594 g/mol. The highest BCUT2D eigenvalue weighted by Gasteiger charge is 2.37. The lowest BCUT2D eigenvalue weighted by molar-refractivity contribution is -0.116. The minimum Gasteiger partial charge on any atom is -0.503 e. The van der Waals surface area contributed by atoms with Crippen molar-refractivity contribution in [1.29, 1.82) is 0 Å². The van der Waals surface area contributed by atoms with Gasteiger partial charge in [0.1, 0.15) is 0 Å². The SMILES string of the molecule is CCOc1cc(C2Nc3ccccc3NC3=C2C(=O)CC(c2cc(OC)c(OC)c(OC)c2)C3)cc(Br)c1O. The molecule has 2 unspecified atom stereocenters. The smallest absolute Gasteiger partial charge is 0.203 e. The molecular formula is C30H31BrN2O6. The maximum atomic E-state index is 14.0. The molecule has 3 N–H and O–H groups in total. The number of hydrogen-bond donors (Lipinski definition) is 3. The number of rotatable bonds is 7. The molecular weight excluding hydrogens is 564 g/mol. The Morgan fingerprint density at radius 1 is 0.923 bits per heavy atom. The summed E-state index contributed by atoms with van der Waals surface area (Å²) in [7, 11) is 4.74. The molecule has 0 saturated carbocycles. The average Bonchev–Trinajstić information content (AvgIpc) is 3.11. The summed E-state index contributed by atoms with van der Waals surface area (Å²) in [6.07, 6.45) is 0.912. The molecule has 8 nitrogen and oxygen atoms in total. The number of anilines is 2. The van der Waals surface area contributed by atoms with Crippen LogP contribution < -0.4 is 29.6 Å². The zero-order chi connectivity index (χ0) is 27.7. The van der Waals surface area contributed by atoms with Crippen molar-refractivity contribution in [2.24, 2.45) is 0 Å². The van der Waals surface area contributed by atoms with Gasteiger partial charge in [-0.3, -0.25) is 4.79 Å². The number of aromatic hydroxyl groups is 1. The molecule has 0 aromatic heterocycles. The van der Waals surface area contributed by atoms with Crippen LogP contribution >= 0.6 is 15.9 Å². The second kappa shape index (κ2) is 11.1. The first kappa shape index (κ1) is 26.7. The summed E-state index contributed by atoms with van der Waals surface area (Å²) in [5, 5.41) is 17.6. The van der Waals surface area contributed by atoms with Crippen molar-refractivity contribution < 1.29 is 28.8 Å². The van der Waals surface area contributed by atoms with Crippen LogP contribution in [0.4, 0.5) is 11.4 Å². The van der Waals surface area contributed by atoms with Crippen LogP contribution in [0.15, 0.2) is 64.3 Å². The van der Waals surface area contributed by atoms with Gasteiger partial charge in [0.25, 0.3) is 0 Å². The van der Waals surface area contributed by atoms with Gasteiger partial charge in [0, 0.05) is 17.7 Å². The lowest BCUT2D eigenvalue weighted by Gasteiger charge is -2.30. The van der Waals surface area contributed by atoms with Crippen molar-refractivity contribution in [1.82, 2.24) is 0 Å². The molecule has 204 valence electrons. The number of ether oxygens (including phenoxy) is 4. The zero-order valence-corrected chi connectivity index (χ0v) is 23.8. The molecule has 0 radical (unpaired) electrons. The van der Waals surface area contributed by atoms with Crippen molar-refractivity contribution in [3.63, 3.8) is 0 Å². The molecule has 3 aromatic rings. The third-order valence-electron chi connectivity index (χ3n) is 7.15. The molecule has 3 aromatic carbocycles. The first-order chi connectivity index (χ1) is 18.9. The van der Waals surface area contributed by atoms with E-state index < -0.39 is 6.04 Å². The number of benzene rings is 3. The van der Waals surface area contributed by atoms with Crippen molar-refractivity contribution >= 4 is 33.1 Å². The van der Waals surface area contributed by atoms with Gasteiger partial charge in [-0.05, 0) is 82.7 Å². The van der Waals surface area contributed by atoms with E-state index in [0.29, 0.717) is 52.5 Å². The molecule has 2 atom stereocenters. The van der Waals surface area contributed by atoms with Crippen LogP contribution in [0.1, 0.15) is 42.9 Å². The van der Waals surface area contributed by atoms with Gasteiger partial charge in [-0.2, -0.15) is 0 Å². The van der Waals surface area contributed by atoms with E-state index in [9.17, 15) is 9.90 Å². The van der Waals surface area contributed by atoms with E-state index >= 15 is 0 Å². The first-order valence-corrected chi connectivity index (χ1v) is 13.5. The van der Waals surface area contributed by atoms with Crippen molar-refractivity contribution in [3.8, 4) is 28.7 Å². The second-order valence-electron chi connectivity index (χ2n) is 9.41. The molecule has 1 heterocycles. The highest BCUT2D eigenvalue weighted by Crippen LogP contribution is 2.48. The number of methoxy groups -OCH3 is 3. The number of para-hydroxylation sites is 2. The quantitative estimate of drug-likeness (QED) is 0.283. The standard InChI is InChI=1S/C30H31BrN2O6/c1-5-39-24-15-18(10-19(31)29(24)35)28-27-22(32-20-8-6-7-9-21(20)33-28)11-16(12-23(27)34)17-13-25(36-2)30(38-4)26(14-17)37-3/h6-10,13-16,28,32-33,35H,5,11-12H2,1-4H3. The Morgan fingerprint density at radius 3 is 2.23 bits per heavy atom. The summed E-state index contributed by atoms with van der Waals surface area (Å²) in [6, 6.07) is 14.9. The Morgan fingerprint density at radius 2 is 1.59 bits per heavy atom. The number of fused-ring (bicyclic) bond motifs is 1. The van der Waals surface area contributed by atoms with Crippen LogP contribution in [0.2, 0.25) is 0 Å². The fraction of sp³-hybridized carbons (Fsp3) is 0.300. The number of ketones is 1. The van der Waals surface area contributed by atoms with Crippen LogP contribution in [-0.4, -0.2) is 38.8 Å². The molecule has 5 rings (SSSR count). The summed E-state index contributed by atoms with van der Waals surface area (Å²) < 4.78 is 22.8. The predicted octanol–water partition coefficient (Wildman–Crippen LogP) is 6.56. The van der Waals surface area contributed by atoms with Gasteiger partial charge in [-0.25, -0.2) is 0 Å². The highest BCUT2D eigenvalue weighted by atomic mass is 79.9. The molecule has 0 spiro atoms. The van der Waals surface area contributed by atoms with Gasteiger partial charge >= 0.3 is 0 Å². The average molecular weight is 595 g/mol. The molecule has 0 fully saturated rings. The fourth-order valence-electron chi connectivity index (χ4n) is 5.34. The summed E-state index contributed by atoms with van der Waals surface area (Å²) in [5.74, 6) is 1.92. The molecule has 2 aliphatic rings. The number of carbonyl (C=O) groups excluding carboxylic acids is 1. The molecule has 0 amide bonds. The number of allylic oxidation sites excluding steroid dienone is 1. The zero-order valence-electron chi connectivity index (χ0n) is 22.3. The van der Waals surface area contributed by atoms with E-state index in [1.54, 1.807) is 27.4 Å². The Bertz CT molecular complexity index is 1430. The maximum absolute atomic E-state index is 14.0. The summed E-state index contributed by atoms with van der Waals surface area (Å²) in [5.41, 5.74) is 4.99. The molecule has 39 heavy (non-hydrogen) atoms. The number of carbonyl (C=O) groups is 1. The molecule has 0 bridgehead atoms. The van der Waals surface area contributed by atoms with Crippen molar-refractivity contribution in [3.05, 3.63) is 75.4 Å². The molecule has 1 aliphatic heterocycles. The third kappa shape index (κ3) is 4.98. The molecule has 9 heteroatoms. The first-order valence-electron chi connectivity index (χ1n) is 12.7. The van der Waals surface area contributed by atoms with E-state index in [0.717, 1.165) is 28.2 Å². The number of halogens is 1. The fourth-order valence-corrected chi connectivity index (χ4v) is 5.80. The van der Waals surface area contributed by atoms with Crippen LogP contribution in [0.3, 0.4) is 0 Å². The summed E-state index contributed by atoms with van der Waals surface area (Å²) in [6.45, 7) is 2.26. The largest absolute Gasteiger partial charge is 0.503 e. The Labute approximate surface area is 236 Å². The number of nitrogens with one attached hydrogen (secondary N) is 2. The Balaban J connectivity index is 1.62. The third-order valence-corrected chi connectivity index (χ3v) is 7.76. The predicted molar refractivity (Wildman–Crippen MR) is 154 cm³/mol. The van der Waals surface area contributed by atoms with E-state index in [1.807, 2.05) is 49.4 Å². The summed E-state index contributed by atoms with van der Waals surface area (Å²) >= 11 is 3.46. The van der Waals surface area contributed by atoms with Crippen LogP contribution in [-0.2, 0) is 4.79 Å². The Kier molecular flexibility index (Phi) is 7.61. The minimum absolute atomic E-state index is 0.0231. The van der Waals surface area contributed by atoms with Crippen LogP contribution in [0.25, 0.3) is 0 Å². The number of Topliss-reactive ketones (excluding diaryl/α,β-unsaturated/α-hetero) is 1. The van der Waals surface area contributed by atoms with Gasteiger partial charge in [0.2, 0.25) is 5.75 Å². The van der Waals surface area contributed by atoms with Crippen LogP contribution in [0, 0.1) is 0 Å². The van der Waals surface area contributed by atoms with Gasteiger partial charge in [-0.1, -0.05) is 12.1 Å². The molecule has 1 aliphatic carbocycles. The second-order valence-corrected chi connectivity index (χ2v) is 10.3. The topological polar surface area (TPSA) is 98.3 Å². The van der Waals surface area contributed by atoms with Gasteiger partial charge in [0.15, 0.2) is 28.8 Å².